The van der Waals surface area contributed by atoms with Gasteiger partial charge in [0.1, 0.15) is 17.2 Å². The highest BCUT2D eigenvalue weighted by molar-refractivity contribution is 5.93. The molecule has 142 valence electrons. The number of nitrogens with one attached hydrogen (secondary N) is 1. The van der Waals surface area contributed by atoms with E-state index in [0.29, 0.717) is 26.1 Å². The monoisotopic (exact) mass is 375 g/mol. The number of carboxylic acids is 1. The van der Waals surface area contributed by atoms with Crippen LogP contribution in [-0.4, -0.2) is 45.5 Å². The van der Waals surface area contributed by atoms with Gasteiger partial charge in [0.25, 0.3) is 11.5 Å². The number of aliphatic carboxylic acids is 1. The third-order valence-corrected chi connectivity index (χ3v) is 4.43. The quantitative estimate of drug-likeness (QED) is 0.810. The number of halogens is 1. The van der Waals surface area contributed by atoms with Crippen molar-refractivity contribution in [1.29, 1.82) is 0 Å². The molecular formula is C18H18FN3O5. The molecule has 27 heavy (non-hydrogen) atoms. The zero-order valence-electron chi connectivity index (χ0n) is 14.4. The van der Waals surface area contributed by atoms with Crippen LogP contribution < -0.4 is 10.9 Å². The number of benzene rings is 1. The fourth-order valence-electron chi connectivity index (χ4n) is 3.03. The van der Waals surface area contributed by atoms with Gasteiger partial charge in [-0.05, 0) is 31.0 Å². The fraction of sp³-hybridized carbons (Fsp3) is 0.333. The van der Waals surface area contributed by atoms with Crippen molar-refractivity contribution in [2.75, 3.05) is 13.2 Å². The molecule has 3 rings (SSSR count). The summed E-state index contributed by atoms with van der Waals surface area (Å²) in [7, 11) is 0. The molecule has 2 N–H and O–H groups in total. The minimum atomic E-state index is -1.04. The van der Waals surface area contributed by atoms with Crippen molar-refractivity contribution < 1.29 is 23.8 Å². The molecule has 1 aromatic carbocycles. The van der Waals surface area contributed by atoms with Gasteiger partial charge in [0, 0.05) is 19.3 Å². The van der Waals surface area contributed by atoms with Crippen LogP contribution in [0.4, 0.5) is 4.39 Å². The predicted molar refractivity (Wildman–Crippen MR) is 92.3 cm³/mol. The second kappa shape index (κ2) is 7.67. The maximum Gasteiger partial charge on any atom is 0.305 e. The van der Waals surface area contributed by atoms with Crippen molar-refractivity contribution in [3.8, 4) is 5.69 Å². The van der Waals surface area contributed by atoms with Crippen molar-refractivity contribution in [3.05, 3.63) is 58.3 Å². The third-order valence-electron chi connectivity index (χ3n) is 4.43. The molecular weight excluding hydrogens is 357 g/mol. The summed E-state index contributed by atoms with van der Waals surface area (Å²) < 4.78 is 20.0. The first-order valence-corrected chi connectivity index (χ1v) is 8.38. The smallest absolute Gasteiger partial charge is 0.305 e. The van der Waals surface area contributed by atoms with Gasteiger partial charge in [-0.3, -0.25) is 14.4 Å². The summed E-state index contributed by atoms with van der Waals surface area (Å²) in [5, 5.41) is 15.9. The van der Waals surface area contributed by atoms with Crippen molar-refractivity contribution in [3.63, 3.8) is 0 Å². The molecule has 1 aromatic heterocycles. The van der Waals surface area contributed by atoms with Crippen LogP contribution in [0.2, 0.25) is 0 Å². The van der Waals surface area contributed by atoms with Gasteiger partial charge in [-0.1, -0.05) is 12.1 Å². The predicted octanol–water partition coefficient (Wildman–Crippen LogP) is 1.13. The van der Waals surface area contributed by atoms with E-state index in [-0.39, 0.29) is 17.8 Å². The van der Waals surface area contributed by atoms with Gasteiger partial charge in [0.15, 0.2) is 0 Å². The lowest BCUT2D eigenvalue weighted by Gasteiger charge is -2.36. The average molecular weight is 375 g/mol. The van der Waals surface area contributed by atoms with E-state index in [1.165, 1.54) is 24.3 Å². The normalized spacial score (nSPS) is 15.9. The van der Waals surface area contributed by atoms with Crippen LogP contribution in [0.15, 0.2) is 41.2 Å². The number of hydrogen-bond donors (Lipinski definition) is 2. The Hall–Kier alpha value is -3.07. The van der Waals surface area contributed by atoms with Gasteiger partial charge >= 0.3 is 5.97 Å². The molecule has 1 fully saturated rings. The summed E-state index contributed by atoms with van der Waals surface area (Å²) in [5.74, 6) is -2.33. The second-order valence-corrected chi connectivity index (χ2v) is 6.34. The van der Waals surface area contributed by atoms with E-state index in [4.69, 9.17) is 4.74 Å². The molecule has 0 radical (unpaired) electrons. The van der Waals surface area contributed by atoms with Gasteiger partial charge in [0.2, 0.25) is 0 Å². The van der Waals surface area contributed by atoms with E-state index in [1.54, 1.807) is 6.07 Å². The van der Waals surface area contributed by atoms with Gasteiger partial charge < -0.3 is 15.2 Å². The van der Waals surface area contributed by atoms with Crippen LogP contribution in [-0.2, 0) is 9.53 Å². The van der Waals surface area contributed by atoms with E-state index in [1.807, 2.05) is 0 Å². The molecule has 0 spiro atoms. The number of carbonyl (C=O) groups is 2. The maximum absolute atomic E-state index is 14.0. The Kier molecular flexibility index (Phi) is 5.31. The van der Waals surface area contributed by atoms with E-state index in [0.717, 1.165) is 10.7 Å². The third kappa shape index (κ3) is 4.20. The lowest BCUT2D eigenvalue weighted by Crippen LogP contribution is -2.53. The highest BCUT2D eigenvalue weighted by Gasteiger charge is 2.37. The number of nitrogens with zero attached hydrogens (tertiary/aromatic N) is 2. The van der Waals surface area contributed by atoms with Crippen LogP contribution in [0.5, 0.6) is 0 Å². The van der Waals surface area contributed by atoms with Gasteiger partial charge in [-0.2, -0.15) is 9.78 Å². The second-order valence-electron chi connectivity index (χ2n) is 6.34. The maximum atomic E-state index is 14.0. The number of aromatic nitrogens is 2. The van der Waals surface area contributed by atoms with Crippen molar-refractivity contribution >= 4 is 11.9 Å². The number of carboxylic acid groups (broad SMARTS) is 1. The molecule has 0 unspecified atom stereocenters. The first kappa shape index (κ1) is 18.7. The molecule has 1 aliphatic rings. The summed E-state index contributed by atoms with van der Waals surface area (Å²) in [6.45, 7) is 0.658. The van der Waals surface area contributed by atoms with E-state index < -0.39 is 28.8 Å². The Morgan fingerprint density at radius 3 is 2.59 bits per heavy atom. The Morgan fingerprint density at radius 1 is 1.22 bits per heavy atom. The van der Waals surface area contributed by atoms with Crippen LogP contribution in [0, 0.1) is 5.82 Å². The number of carbonyl (C=O) groups excluding carboxylic acids is 1. The lowest BCUT2D eigenvalue weighted by atomic mass is 9.86. The SMILES string of the molecule is O=C(O)CC1(NC(=O)c2ccc(=O)n(-c3ccccc3F)n2)CCOCC1. The molecule has 1 aliphatic heterocycles. The van der Waals surface area contributed by atoms with Crippen molar-refractivity contribution in [2.45, 2.75) is 24.8 Å². The Labute approximate surface area is 153 Å². The first-order chi connectivity index (χ1) is 12.9. The molecule has 2 heterocycles. The van der Waals surface area contributed by atoms with Crippen molar-refractivity contribution in [1.82, 2.24) is 15.1 Å². The molecule has 2 aromatic rings. The summed E-state index contributed by atoms with van der Waals surface area (Å²) in [4.78, 5) is 35.9. The molecule has 1 amide bonds. The molecule has 9 heteroatoms. The molecule has 0 atom stereocenters. The number of para-hydroxylation sites is 1. The van der Waals surface area contributed by atoms with Gasteiger partial charge in [-0.15, -0.1) is 0 Å². The highest BCUT2D eigenvalue weighted by atomic mass is 19.1. The average Bonchev–Trinajstić information content (AvgIpc) is 2.62. The summed E-state index contributed by atoms with van der Waals surface area (Å²) >= 11 is 0. The van der Waals surface area contributed by atoms with Crippen LogP contribution in [0.1, 0.15) is 29.8 Å². The van der Waals surface area contributed by atoms with Crippen LogP contribution in [0.25, 0.3) is 5.69 Å². The Balaban J connectivity index is 1.91. The van der Waals surface area contributed by atoms with Gasteiger partial charge in [0.05, 0.1) is 12.0 Å². The lowest BCUT2D eigenvalue weighted by molar-refractivity contribution is -0.139. The minimum Gasteiger partial charge on any atom is -0.481 e. The van der Waals surface area contributed by atoms with E-state index in [9.17, 15) is 23.9 Å². The molecule has 0 saturated carbocycles. The van der Waals surface area contributed by atoms with E-state index >= 15 is 0 Å². The standard InChI is InChI=1S/C18H18FN3O5/c19-12-3-1-2-4-14(12)22-15(23)6-5-13(21-22)17(26)20-18(11-16(24)25)7-9-27-10-8-18/h1-6H,7-11H2,(H,20,26)(H,24,25). The number of rotatable bonds is 5. The number of amides is 1. The fourth-order valence-corrected chi connectivity index (χ4v) is 3.03. The molecule has 8 nitrogen and oxygen atoms in total. The Bertz CT molecular complexity index is 921. The van der Waals surface area contributed by atoms with Gasteiger partial charge in [-0.25, -0.2) is 4.39 Å². The zero-order valence-corrected chi connectivity index (χ0v) is 14.4. The first-order valence-electron chi connectivity index (χ1n) is 8.38. The molecule has 0 bridgehead atoms. The van der Waals surface area contributed by atoms with E-state index in [2.05, 4.69) is 10.4 Å². The summed E-state index contributed by atoms with van der Waals surface area (Å²) in [6, 6.07) is 7.91. The number of hydrogen-bond acceptors (Lipinski definition) is 5. The van der Waals surface area contributed by atoms with Crippen LogP contribution >= 0.6 is 0 Å². The topological polar surface area (TPSA) is 111 Å². The summed E-state index contributed by atoms with van der Waals surface area (Å²) in [5.41, 5.74) is -1.75. The summed E-state index contributed by atoms with van der Waals surface area (Å²) in [6.07, 6.45) is 0.436. The largest absolute Gasteiger partial charge is 0.481 e. The van der Waals surface area contributed by atoms with Crippen LogP contribution in [0.3, 0.4) is 0 Å². The molecule has 0 aliphatic carbocycles. The van der Waals surface area contributed by atoms with Crippen molar-refractivity contribution in [2.24, 2.45) is 0 Å². The highest BCUT2D eigenvalue weighted by Crippen LogP contribution is 2.25. The molecule has 1 saturated heterocycles. The number of ether oxygens (including phenoxy) is 1. The zero-order chi connectivity index (χ0) is 19.4. The Morgan fingerprint density at radius 2 is 1.93 bits per heavy atom. The minimum absolute atomic E-state index is 0.0801.